The molecule has 0 saturated carbocycles. The number of aryl methyl sites for hydroxylation is 2. The van der Waals surface area contributed by atoms with Gasteiger partial charge in [-0.15, -0.1) is 24.0 Å². The van der Waals surface area contributed by atoms with Gasteiger partial charge in [-0.1, -0.05) is 24.3 Å². The van der Waals surface area contributed by atoms with E-state index in [1.807, 2.05) is 24.3 Å². The summed E-state index contributed by atoms with van der Waals surface area (Å²) in [7, 11) is 0. The number of aliphatic imine (C=N–C) groups is 1. The van der Waals surface area contributed by atoms with Crippen LogP contribution in [-0.4, -0.2) is 12.5 Å². The monoisotopic (exact) mass is 435 g/mol. The minimum atomic E-state index is 0. The number of nitrogens with zero attached hydrogens (tertiary/aromatic N) is 1. The Morgan fingerprint density at radius 2 is 1.79 bits per heavy atom. The van der Waals surface area contributed by atoms with Gasteiger partial charge >= 0.3 is 0 Å². The van der Waals surface area contributed by atoms with E-state index in [0.717, 1.165) is 28.8 Å². The number of para-hydroxylation sites is 1. The van der Waals surface area contributed by atoms with E-state index in [1.54, 1.807) is 0 Å². The van der Waals surface area contributed by atoms with Crippen molar-refractivity contribution in [3.63, 3.8) is 0 Å². The summed E-state index contributed by atoms with van der Waals surface area (Å²) in [5.41, 5.74) is 10.2. The molecule has 0 spiro atoms. The average molecular weight is 435 g/mol. The normalized spacial score (nSPS) is 11.3. The molecule has 1 heterocycles. The SMILES string of the molecule is Cc1cc(C)cc(NC(N)=NCCc2cc3ccccc3o2)c1.I. The van der Waals surface area contributed by atoms with E-state index in [2.05, 4.69) is 48.4 Å². The quantitative estimate of drug-likeness (QED) is 0.357. The Hall–Kier alpha value is -2.02. The van der Waals surface area contributed by atoms with Crippen molar-refractivity contribution in [2.75, 3.05) is 11.9 Å². The number of nitrogens with two attached hydrogens (primary N) is 1. The minimum Gasteiger partial charge on any atom is -0.461 e. The van der Waals surface area contributed by atoms with E-state index in [9.17, 15) is 0 Å². The summed E-state index contributed by atoms with van der Waals surface area (Å²) in [5, 5.41) is 4.25. The van der Waals surface area contributed by atoms with E-state index < -0.39 is 0 Å². The van der Waals surface area contributed by atoms with Gasteiger partial charge in [0.1, 0.15) is 11.3 Å². The molecule has 24 heavy (non-hydrogen) atoms. The Bertz CT molecular complexity index is 801. The Kier molecular flexibility index (Phi) is 6.25. The lowest BCUT2D eigenvalue weighted by molar-refractivity contribution is 0.550. The van der Waals surface area contributed by atoms with Crippen LogP contribution < -0.4 is 11.1 Å². The first-order valence-electron chi connectivity index (χ1n) is 7.73. The van der Waals surface area contributed by atoms with Crippen LogP contribution in [0.25, 0.3) is 11.0 Å². The van der Waals surface area contributed by atoms with Crippen molar-refractivity contribution in [1.82, 2.24) is 0 Å². The van der Waals surface area contributed by atoms with E-state index in [0.29, 0.717) is 12.5 Å². The second-order valence-electron chi connectivity index (χ2n) is 5.77. The zero-order valence-corrected chi connectivity index (χ0v) is 16.2. The number of hydrogen-bond acceptors (Lipinski definition) is 2. The lowest BCUT2D eigenvalue weighted by atomic mass is 10.1. The number of guanidine groups is 1. The predicted molar refractivity (Wildman–Crippen MR) is 111 cm³/mol. The van der Waals surface area contributed by atoms with E-state index >= 15 is 0 Å². The highest BCUT2D eigenvalue weighted by Crippen LogP contribution is 2.19. The molecule has 1 aromatic heterocycles. The maximum atomic E-state index is 5.95. The van der Waals surface area contributed by atoms with Gasteiger partial charge in [-0.05, 0) is 49.2 Å². The van der Waals surface area contributed by atoms with Crippen LogP contribution in [0.15, 0.2) is 57.9 Å². The topological polar surface area (TPSA) is 63.5 Å². The highest BCUT2D eigenvalue weighted by Gasteiger charge is 2.03. The molecule has 0 atom stereocenters. The van der Waals surface area contributed by atoms with Crippen molar-refractivity contribution in [1.29, 1.82) is 0 Å². The molecular formula is C19H22IN3O. The summed E-state index contributed by atoms with van der Waals surface area (Å²) < 4.78 is 5.77. The fraction of sp³-hybridized carbons (Fsp3) is 0.211. The molecule has 0 aliphatic carbocycles. The summed E-state index contributed by atoms with van der Waals surface area (Å²) in [6.07, 6.45) is 0.726. The third-order valence-corrected chi connectivity index (χ3v) is 3.61. The first-order valence-corrected chi connectivity index (χ1v) is 7.73. The lowest BCUT2D eigenvalue weighted by Crippen LogP contribution is -2.23. The molecule has 0 aliphatic heterocycles. The number of fused-ring (bicyclic) bond motifs is 1. The van der Waals surface area contributed by atoms with Crippen LogP contribution in [0.1, 0.15) is 16.9 Å². The van der Waals surface area contributed by atoms with Crippen LogP contribution in [-0.2, 0) is 6.42 Å². The summed E-state index contributed by atoms with van der Waals surface area (Å²) in [6.45, 7) is 4.71. The van der Waals surface area contributed by atoms with Crippen LogP contribution in [0.3, 0.4) is 0 Å². The highest BCUT2D eigenvalue weighted by atomic mass is 127. The predicted octanol–water partition coefficient (Wildman–Crippen LogP) is 4.64. The molecule has 0 aliphatic rings. The zero-order valence-electron chi connectivity index (χ0n) is 13.9. The van der Waals surface area contributed by atoms with Crippen molar-refractivity contribution in [3.05, 3.63) is 65.4 Å². The zero-order chi connectivity index (χ0) is 16.2. The highest BCUT2D eigenvalue weighted by molar-refractivity contribution is 14.0. The van der Waals surface area contributed by atoms with E-state index in [-0.39, 0.29) is 24.0 Å². The Balaban J connectivity index is 0.00000208. The summed E-state index contributed by atoms with van der Waals surface area (Å²) in [5.74, 6) is 1.35. The standard InChI is InChI=1S/C19H21N3O.HI/c1-13-9-14(2)11-16(10-13)22-19(20)21-8-7-17-12-15-5-3-4-6-18(15)23-17;/h3-6,9-12H,7-8H2,1-2H3,(H3,20,21,22);1H. The molecule has 0 radical (unpaired) electrons. The Morgan fingerprint density at radius 1 is 1.08 bits per heavy atom. The van der Waals surface area contributed by atoms with Gasteiger partial charge in [0.2, 0.25) is 0 Å². The third kappa shape index (κ3) is 4.74. The molecule has 0 amide bonds. The van der Waals surface area contributed by atoms with Gasteiger partial charge in [-0.2, -0.15) is 0 Å². The van der Waals surface area contributed by atoms with Gasteiger partial charge in [-0.25, -0.2) is 0 Å². The van der Waals surface area contributed by atoms with Crippen molar-refractivity contribution < 1.29 is 4.42 Å². The number of nitrogens with one attached hydrogen (secondary N) is 1. The van der Waals surface area contributed by atoms with Crippen molar-refractivity contribution in [3.8, 4) is 0 Å². The fourth-order valence-corrected chi connectivity index (χ4v) is 2.68. The van der Waals surface area contributed by atoms with Gasteiger partial charge in [-0.3, -0.25) is 4.99 Å². The fourth-order valence-electron chi connectivity index (χ4n) is 2.68. The molecule has 2 aromatic carbocycles. The maximum absolute atomic E-state index is 5.95. The second-order valence-corrected chi connectivity index (χ2v) is 5.77. The molecule has 3 N–H and O–H groups in total. The first-order chi connectivity index (χ1) is 11.1. The third-order valence-electron chi connectivity index (χ3n) is 3.61. The van der Waals surface area contributed by atoms with Crippen molar-refractivity contribution in [2.24, 2.45) is 10.7 Å². The van der Waals surface area contributed by atoms with Gasteiger partial charge in [0.25, 0.3) is 0 Å². The molecule has 5 heteroatoms. The Morgan fingerprint density at radius 3 is 2.50 bits per heavy atom. The number of furan rings is 1. The first kappa shape index (κ1) is 18.3. The molecule has 0 unspecified atom stereocenters. The molecular weight excluding hydrogens is 413 g/mol. The molecule has 3 rings (SSSR count). The van der Waals surface area contributed by atoms with Crippen molar-refractivity contribution in [2.45, 2.75) is 20.3 Å². The van der Waals surface area contributed by atoms with Crippen molar-refractivity contribution >= 4 is 46.6 Å². The smallest absolute Gasteiger partial charge is 0.193 e. The van der Waals surface area contributed by atoms with E-state index in [1.165, 1.54) is 11.1 Å². The average Bonchev–Trinajstić information content (AvgIpc) is 2.88. The maximum Gasteiger partial charge on any atom is 0.193 e. The minimum absolute atomic E-state index is 0. The summed E-state index contributed by atoms with van der Waals surface area (Å²) >= 11 is 0. The molecule has 0 bridgehead atoms. The van der Waals surface area contributed by atoms with Crippen LogP contribution >= 0.6 is 24.0 Å². The number of rotatable bonds is 4. The molecule has 0 saturated heterocycles. The van der Waals surface area contributed by atoms with Gasteiger partial charge in [0.05, 0.1) is 0 Å². The molecule has 0 fully saturated rings. The van der Waals surface area contributed by atoms with E-state index in [4.69, 9.17) is 10.2 Å². The second kappa shape index (κ2) is 8.19. The van der Waals surface area contributed by atoms with Crippen LogP contribution in [0.4, 0.5) is 5.69 Å². The van der Waals surface area contributed by atoms with Gasteiger partial charge < -0.3 is 15.5 Å². The summed E-state index contributed by atoms with van der Waals surface area (Å²) in [6, 6.07) is 16.3. The Labute approximate surface area is 159 Å². The van der Waals surface area contributed by atoms with Crippen LogP contribution in [0.5, 0.6) is 0 Å². The van der Waals surface area contributed by atoms with Crippen LogP contribution in [0.2, 0.25) is 0 Å². The molecule has 3 aromatic rings. The molecule has 126 valence electrons. The summed E-state index contributed by atoms with van der Waals surface area (Å²) in [4.78, 5) is 4.37. The number of hydrogen-bond donors (Lipinski definition) is 2. The number of benzene rings is 2. The van der Waals surface area contributed by atoms with Crippen LogP contribution in [0, 0.1) is 13.8 Å². The number of anilines is 1. The van der Waals surface area contributed by atoms with Gasteiger partial charge in [0, 0.05) is 24.0 Å². The number of halogens is 1. The van der Waals surface area contributed by atoms with Gasteiger partial charge in [0.15, 0.2) is 5.96 Å². The largest absolute Gasteiger partial charge is 0.461 e. The lowest BCUT2D eigenvalue weighted by Gasteiger charge is -2.07. The molecule has 4 nitrogen and oxygen atoms in total.